The molecule has 1 aromatic carbocycles. The average Bonchev–Trinajstić information content (AvgIpc) is 3.07. The second-order valence-corrected chi connectivity index (χ2v) is 6.97. The maximum Gasteiger partial charge on any atom is 0.266 e. The Morgan fingerprint density at radius 2 is 1.73 bits per heavy atom. The number of hydrogen-bond donors (Lipinski definition) is 1. The van der Waals surface area contributed by atoms with Crippen LogP contribution in [-0.2, 0) is 0 Å². The lowest BCUT2D eigenvalue weighted by atomic mass is 10.1. The van der Waals surface area contributed by atoms with Crippen LogP contribution in [0.3, 0.4) is 0 Å². The third-order valence-electron chi connectivity index (χ3n) is 4.40. The molecule has 8 heteroatoms. The Hall–Kier alpha value is -2.61. The highest BCUT2D eigenvalue weighted by molar-refractivity contribution is 7.17. The SMILES string of the molecule is CNc1nc(C)c(C(=O)N2CCN(C(=O)c3ccccc3OC)CC2)s1. The molecular formula is C18H22N4O3S. The molecule has 2 amide bonds. The standard InChI is InChI=1S/C18H22N4O3S/c1-12-15(26-18(19-2)20-12)17(24)22-10-8-21(9-11-22)16(23)13-6-4-5-7-14(13)25-3/h4-7H,8-11H2,1-3H3,(H,19,20). The number of ether oxygens (including phenoxy) is 1. The number of thiazole rings is 1. The Balaban J connectivity index is 1.66. The van der Waals surface area contributed by atoms with Crippen molar-refractivity contribution in [2.24, 2.45) is 0 Å². The van der Waals surface area contributed by atoms with Gasteiger partial charge >= 0.3 is 0 Å². The monoisotopic (exact) mass is 374 g/mol. The molecule has 0 atom stereocenters. The van der Waals surface area contributed by atoms with Crippen molar-refractivity contribution in [2.75, 3.05) is 45.7 Å². The summed E-state index contributed by atoms with van der Waals surface area (Å²) in [5.74, 6) is 0.475. The molecule has 1 fully saturated rings. The van der Waals surface area contributed by atoms with Crippen LogP contribution in [0.25, 0.3) is 0 Å². The fourth-order valence-electron chi connectivity index (χ4n) is 2.95. The number of para-hydroxylation sites is 1. The molecule has 0 unspecified atom stereocenters. The maximum absolute atomic E-state index is 12.7. The lowest BCUT2D eigenvalue weighted by Gasteiger charge is -2.34. The maximum atomic E-state index is 12.7. The number of amides is 2. The van der Waals surface area contributed by atoms with E-state index < -0.39 is 0 Å². The van der Waals surface area contributed by atoms with Crippen molar-refractivity contribution in [3.63, 3.8) is 0 Å². The van der Waals surface area contributed by atoms with Crippen LogP contribution >= 0.6 is 11.3 Å². The van der Waals surface area contributed by atoms with Crippen LogP contribution in [0.2, 0.25) is 0 Å². The fraction of sp³-hybridized carbons (Fsp3) is 0.389. The first kappa shape index (κ1) is 18.2. The van der Waals surface area contributed by atoms with Gasteiger partial charge < -0.3 is 19.9 Å². The van der Waals surface area contributed by atoms with Gasteiger partial charge in [0.1, 0.15) is 10.6 Å². The molecule has 1 N–H and O–H groups in total. The normalized spacial score (nSPS) is 14.3. The van der Waals surface area contributed by atoms with E-state index in [0.29, 0.717) is 42.4 Å². The number of aryl methyl sites for hydroxylation is 1. The highest BCUT2D eigenvalue weighted by atomic mass is 32.1. The highest BCUT2D eigenvalue weighted by Crippen LogP contribution is 2.25. The van der Waals surface area contributed by atoms with Crippen molar-refractivity contribution >= 4 is 28.3 Å². The molecule has 1 saturated heterocycles. The van der Waals surface area contributed by atoms with Crippen molar-refractivity contribution < 1.29 is 14.3 Å². The second kappa shape index (κ2) is 7.74. The highest BCUT2D eigenvalue weighted by Gasteiger charge is 2.28. The molecule has 2 aromatic rings. The van der Waals surface area contributed by atoms with E-state index in [4.69, 9.17) is 4.74 Å². The van der Waals surface area contributed by atoms with E-state index in [0.717, 1.165) is 10.8 Å². The Morgan fingerprint density at radius 3 is 2.31 bits per heavy atom. The molecule has 1 aliphatic rings. The molecule has 0 spiro atoms. The number of aromatic nitrogens is 1. The predicted molar refractivity (Wildman–Crippen MR) is 101 cm³/mol. The Kier molecular flexibility index (Phi) is 5.41. The van der Waals surface area contributed by atoms with Gasteiger partial charge in [0.25, 0.3) is 11.8 Å². The zero-order valence-electron chi connectivity index (χ0n) is 15.1. The number of methoxy groups -OCH3 is 1. The van der Waals surface area contributed by atoms with Gasteiger partial charge in [-0.05, 0) is 19.1 Å². The van der Waals surface area contributed by atoms with Gasteiger partial charge in [0.15, 0.2) is 5.13 Å². The van der Waals surface area contributed by atoms with E-state index >= 15 is 0 Å². The third kappa shape index (κ3) is 3.50. The molecule has 0 saturated carbocycles. The number of rotatable bonds is 4. The summed E-state index contributed by atoms with van der Waals surface area (Å²) in [4.78, 5) is 34.0. The minimum atomic E-state index is -0.0685. The molecule has 0 aliphatic carbocycles. The van der Waals surface area contributed by atoms with Gasteiger partial charge in [0.05, 0.1) is 18.4 Å². The average molecular weight is 374 g/mol. The molecule has 2 heterocycles. The fourth-order valence-corrected chi connectivity index (χ4v) is 3.84. The number of carbonyl (C=O) groups excluding carboxylic acids is 2. The lowest BCUT2D eigenvalue weighted by molar-refractivity contribution is 0.0535. The molecule has 0 radical (unpaired) electrons. The number of carbonyl (C=O) groups is 2. The summed E-state index contributed by atoms with van der Waals surface area (Å²) in [6.07, 6.45) is 0. The van der Waals surface area contributed by atoms with Gasteiger partial charge in [-0.1, -0.05) is 23.5 Å². The van der Waals surface area contributed by atoms with E-state index in [-0.39, 0.29) is 11.8 Å². The van der Waals surface area contributed by atoms with Gasteiger partial charge in [0.2, 0.25) is 0 Å². The molecule has 7 nitrogen and oxygen atoms in total. The van der Waals surface area contributed by atoms with Gasteiger partial charge in [-0.15, -0.1) is 0 Å². The van der Waals surface area contributed by atoms with Crippen LogP contribution < -0.4 is 10.1 Å². The van der Waals surface area contributed by atoms with Crippen LogP contribution in [0.1, 0.15) is 25.7 Å². The van der Waals surface area contributed by atoms with Crippen LogP contribution in [0, 0.1) is 6.92 Å². The zero-order valence-corrected chi connectivity index (χ0v) is 15.9. The van der Waals surface area contributed by atoms with Gasteiger partial charge in [0, 0.05) is 33.2 Å². The summed E-state index contributed by atoms with van der Waals surface area (Å²) in [5, 5.41) is 3.70. The summed E-state index contributed by atoms with van der Waals surface area (Å²) in [5.41, 5.74) is 1.28. The summed E-state index contributed by atoms with van der Waals surface area (Å²) in [6.45, 7) is 3.85. The number of nitrogens with one attached hydrogen (secondary N) is 1. The van der Waals surface area contributed by atoms with Crippen molar-refractivity contribution in [3.8, 4) is 5.75 Å². The van der Waals surface area contributed by atoms with Gasteiger partial charge in [-0.3, -0.25) is 9.59 Å². The van der Waals surface area contributed by atoms with E-state index in [1.807, 2.05) is 19.1 Å². The van der Waals surface area contributed by atoms with Crippen LogP contribution in [0.15, 0.2) is 24.3 Å². The minimum Gasteiger partial charge on any atom is -0.496 e. The largest absolute Gasteiger partial charge is 0.496 e. The second-order valence-electron chi connectivity index (χ2n) is 5.97. The minimum absolute atomic E-state index is 0.0223. The van der Waals surface area contributed by atoms with E-state index in [2.05, 4.69) is 10.3 Å². The first-order chi connectivity index (χ1) is 12.5. The quantitative estimate of drug-likeness (QED) is 0.887. The first-order valence-corrected chi connectivity index (χ1v) is 9.23. The van der Waals surface area contributed by atoms with Crippen LogP contribution in [0.4, 0.5) is 5.13 Å². The summed E-state index contributed by atoms with van der Waals surface area (Å²) < 4.78 is 5.28. The summed E-state index contributed by atoms with van der Waals surface area (Å²) in [6, 6.07) is 7.20. The Morgan fingerprint density at radius 1 is 1.12 bits per heavy atom. The van der Waals surface area contributed by atoms with Gasteiger partial charge in [-0.2, -0.15) is 0 Å². The molecule has 1 aromatic heterocycles. The summed E-state index contributed by atoms with van der Waals surface area (Å²) >= 11 is 1.36. The van der Waals surface area contributed by atoms with Crippen molar-refractivity contribution in [3.05, 3.63) is 40.4 Å². The van der Waals surface area contributed by atoms with E-state index in [9.17, 15) is 9.59 Å². The predicted octanol–water partition coefficient (Wildman–Crippen LogP) is 2.10. The molecule has 0 bridgehead atoms. The smallest absolute Gasteiger partial charge is 0.266 e. The molecule has 3 rings (SSSR count). The van der Waals surface area contributed by atoms with Crippen molar-refractivity contribution in [1.29, 1.82) is 0 Å². The first-order valence-electron chi connectivity index (χ1n) is 8.42. The Labute approximate surface area is 156 Å². The molecule has 26 heavy (non-hydrogen) atoms. The van der Waals surface area contributed by atoms with E-state index in [1.165, 1.54) is 11.3 Å². The third-order valence-corrected chi connectivity index (χ3v) is 5.56. The molecule has 1 aliphatic heterocycles. The van der Waals surface area contributed by atoms with Crippen LogP contribution in [0.5, 0.6) is 5.75 Å². The van der Waals surface area contributed by atoms with Crippen molar-refractivity contribution in [1.82, 2.24) is 14.8 Å². The number of piperazine rings is 1. The number of benzene rings is 1. The van der Waals surface area contributed by atoms with E-state index in [1.54, 1.807) is 36.1 Å². The number of anilines is 1. The van der Waals surface area contributed by atoms with Crippen LogP contribution in [-0.4, -0.2) is 66.9 Å². The topological polar surface area (TPSA) is 74.8 Å². The summed E-state index contributed by atoms with van der Waals surface area (Å²) in [7, 11) is 3.34. The molecular weight excluding hydrogens is 352 g/mol. The zero-order chi connectivity index (χ0) is 18.7. The van der Waals surface area contributed by atoms with Crippen molar-refractivity contribution in [2.45, 2.75) is 6.92 Å². The number of hydrogen-bond acceptors (Lipinski definition) is 6. The Bertz CT molecular complexity index is 813. The number of nitrogens with zero attached hydrogens (tertiary/aromatic N) is 3. The molecule has 138 valence electrons. The van der Waals surface area contributed by atoms with Gasteiger partial charge in [-0.25, -0.2) is 4.98 Å². The lowest BCUT2D eigenvalue weighted by Crippen LogP contribution is -2.50.